The number of halogens is 1. The van der Waals surface area contributed by atoms with Crippen molar-refractivity contribution in [3.05, 3.63) is 30.1 Å². The van der Waals surface area contributed by atoms with Gasteiger partial charge < -0.3 is 9.64 Å². The first kappa shape index (κ1) is 20.7. The van der Waals surface area contributed by atoms with Crippen molar-refractivity contribution >= 4 is 15.9 Å². The first-order valence-corrected chi connectivity index (χ1v) is 10.3. The Labute approximate surface area is 155 Å². The fourth-order valence-electron chi connectivity index (χ4n) is 3.31. The molecule has 146 valence electrons. The Balaban J connectivity index is 2.39. The Morgan fingerprint density at radius 2 is 1.85 bits per heavy atom. The monoisotopic (exact) mass is 385 g/mol. The maximum atomic E-state index is 13.6. The highest BCUT2D eigenvalue weighted by Gasteiger charge is 2.48. The molecule has 1 amide bonds. The van der Waals surface area contributed by atoms with Crippen LogP contribution in [-0.2, 0) is 14.6 Å². The minimum atomic E-state index is -3.86. The summed E-state index contributed by atoms with van der Waals surface area (Å²) in [5.74, 6) is -0.602. The zero-order chi connectivity index (χ0) is 19.8. The van der Waals surface area contributed by atoms with Crippen molar-refractivity contribution < 1.29 is 22.3 Å². The molecule has 1 aliphatic heterocycles. The lowest BCUT2D eigenvalue weighted by Gasteiger charge is -2.44. The quantitative estimate of drug-likeness (QED) is 0.783. The molecule has 26 heavy (non-hydrogen) atoms. The van der Waals surface area contributed by atoms with Gasteiger partial charge in [0.2, 0.25) is 0 Å². The van der Waals surface area contributed by atoms with E-state index in [0.717, 1.165) is 18.9 Å². The lowest BCUT2D eigenvalue weighted by atomic mass is 9.92. The summed E-state index contributed by atoms with van der Waals surface area (Å²) in [6, 6.07) is 4.46. The smallest absolute Gasteiger partial charge is 0.410 e. The Morgan fingerprint density at radius 3 is 2.42 bits per heavy atom. The molecule has 0 spiro atoms. The van der Waals surface area contributed by atoms with Gasteiger partial charge in [0.1, 0.15) is 11.4 Å². The van der Waals surface area contributed by atoms with E-state index in [1.807, 2.05) is 0 Å². The molecule has 7 heteroatoms. The van der Waals surface area contributed by atoms with Gasteiger partial charge in [-0.05, 0) is 72.1 Å². The van der Waals surface area contributed by atoms with E-state index in [9.17, 15) is 17.6 Å². The van der Waals surface area contributed by atoms with Gasteiger partial charge in [0, 0.05) is 6.54 Å². The molecule has 0 saturated carbocycles. The fourth-order valence-corrected chi connectivity index (χ4v) is 5.05. The van der Waals surface area contributed by atoms with Gasteiger partial charge in [-0.3, -0.25) is 0 Å². The van der Waals surface area contributed by atoms with Gasteiger partial charge in [0.15, 0.2) is 9.84 Å². The first-order valence-electron chi connectivity index (χ1n) is 8.86. The molecule has 1 heterocycles. The molecule has 0 bridgehead atoms. The Morgan fingerprint density at radius 1 is 1.19 bits per heavy atom. The predicted octanol–water partition coefficient (Wildman–Crippen LogP) is 4.17. The molecule has 1 aliphatic rings. The number of piperidine rings is 1. The number of likely N-dealkylation sites (tertiary alicyclic amines) is 1. The maximum absolute atomic E-state index is 13.6. The molecule has 0 radical (unpaired) electrons. The number of hydrogen-bond donors (Lipinski definition) is 0. The van der Waals surface area contributed by atoms with E-state index in [-0.39, 0.29) is 4.90 Å². The number of hydrogen-bond acceptors (Lipinski definition) is 4. The lowest BCUT2D eigenvalue weighted by molar-refractivity contribution is 0.00568. The molecule has 1 saturated heterocycles. The van der Waals surface area contributed by atoms with Crippen LogP contribution in [0.15, 0.2) is 29.2 Å². The summed E-state index contributed by atoms with van der Waals surface area (Å²) in [7, 11) is -3.86. The summed E-state index contributed by atoms with van der Waals surface area (Å²) >= 11 is 0. The van der Waals surface area contributed by atoms with E-state index in [1.54, 1.807) is 34.6 Å². The van der Waals surface area contributed by atoms with Crippen LogP contribution in [0.1, 0.15) is 53.9 Å². The summed E-state index contributed by atoms with van der Waals surface area (Å²) in [6.45, 7) is 8.97. The first-order chi connectivity index (χ1) is 11.9. The Hall–Kier alpha value is -1.63. The van der Waals surface area contributed by atoms with Crippen LogP contribution in [0.5, 0.6) is 0 Å². The molecule has 0 aliphatic carbocycles. The molecule has 5 nitrogen and oxygen atoms in total. The summed E-state index contributed by atoms with van der Waals surface area (Å²) in [5, 5.41) is 0. The summed E-state index contributed by atoms with van der Waals surface area (Å²) in [4.78, 5) is 14.1. The largest absolute Gasteiger partial charge is 0.444 e. The van der Waals surface area contributed by atoms with Crippen molar-refractivity contribution in [1.29, 1.82) is 0 Å². The number of benzene rings is 1. The summed E-state index contributed by atoms with van der Waals surface area (Å²) in [6.07, 6.45) is 1.67. The number of nitrogens with zero attached hydrogens (tertiary/aromatic N) is 1. The topological polar surface area (TPSA) is 63.7 Å². The van der Waals surface area contributed by atoms with Crippen molar-refractivity contribution in [2.45, 2.75) is 75.2 Å². The average Bonchev–Trinajstić information content (AvgIpc) is 2.53. The third-order valence-corrected chi connectivity index (χ3v) is 7.26. The second kappa shape index (κ2) is 7.18. The van der Waals surface area contributed by atoms with E-state index in [4.69, 9.17) is 4.74 Å². The number of carbonyl (C=O) groups is 1. The SMILES string of the molecule is CC(C)(C)OC(=O)N1CCCCC1C(C)(C)S(=O)(=O)c1cccc(F)c1. The van der Waals surface area contributed by atoms with Crippen LogP contribution in [-0.4, -0.2) is 42.3 Å². The molecule has 1 fully saturated rings. The molecule has 2 rings (SSSR count). The van der Waals surface area contributed by atoms with Gasteiger partial charge >= 0.3 is 6.09 Å². The van der Waals surface area contributed by atoms with E-state index >= 15 is 0 Å². The van der Waals surface area contributed by atoms with Crippen molar-refractivity contribution in [1.82, 2.24) is 4.90 Å². The van der Waals surface area contributed by atoms with E-state index in [2.05, 4.69) is 0 Å². The predicted molar refractivity (Wildman–Crippen MR) is 98.2 cm³/mol. The highest BCUT2D eigenvalue weighted by molar-refractivity contribution is 7.92. The molecule has 1 unspecified atom stereocenters. The van der Waals surface area contributed by atoms with E-state index in [1.165, 1.54) is 23.1 Å². The molecule has 1 atom stereocenters. The van der Waals surface area contributed by atoms with Crippen LogP contribution in [0.4, 0.5) is 9.18 Å². The number of carbonyl (C=O) groups excluding carboxylic acids is 1. The second-order valence-corrected chi connectivity index (χ2v) is 10.8. The lowest BCUT2D eigenvalue weighted by Crippen LogP contribution is -2.58. The third-order valence-electron chi connectivity index (χ3n) is 4.73. The van der Waals surface area contributed by atoms with Gasteiger partial charge in [0.05, 0.1) is 15.7 Å². The normalized spacial score (nSPS) is 19.3. The molecule has 1 aromatic carbocycles. The zero-order valence-corrected chi connectivity index (χ0v) is 16.9. The number of sulfone groups is 1. The number of ether oxygens (including phenoxy) is 1. The van der Waals surface area contributed by atoms with Crippen molar-refractivity contribution in [3.63, 3.8) is 0 Å². The van der Waals surface area contributed by atoms with Gasteiger partial charge in [-0.25, -0.2) is 17.6 Å². The van der Waals surface area contributed by atoms with Crippen LogP contribution in [0.2, 0.25) is 0 Å². The Kier molecular flexibility index (Phi) is 5.71. The maximum Gasteiger partial charge on any atom is 0.410 e. The van der Waals surface area contributed by atoms with Crippen LogP contribution >= 0.6 is 0 Å². The molecule has 1 aromatic rings. The van der Waals surface area contributed by atoms with Crippen LogP contribution in [0, 0.1) is 5.82 Å². The fraction of sp³-hybridized carbons (Fsp3) is 0.632. The molecular weight excluding hydrogens is 357 g/mol. The highest BCUT2D eigenvalue weighted by Crippen LogP contribution is 2.36. The highest BCUT2D eigenvalue weighted by atomic mass is 32.2. The van der Waals surface area contributed by atoms with Gasteiger partial charge in [-0.2, -0.15) is 0 Å². The summed E-state index contributed by atoms with van der Waals surface area (Å²) in [5.41, 5.74) is -0.662. The van der Waals surface area contributed by atoms with Crippen LogP contribution in [0.3, 0.4) is 0 Å². The molecular formula is C19H28FNO4S. The van der Waals surface area contributed by atoms with Crippen molar-refractivity contribution in [2.75, 3.05) is 6.54 Å². The van der Waals surface area contributed by atoms with Crippen LogP contribution in [0.25, 0.3) is 0 Å². The van der Waals surface area contributed by atoms with Crippen molar-refractivity contribution in [2.24, 2.45) is 0 Å². The van der Waals surface area contributed by atoms with Crippen molar-refractivity contribution in [3.8, 4) is 0 Å². The minimum absolute atomic E-state index is 0.0720. The third kappa shape index (κ3) is 4.19. The number of rotatable bonds is 3. The average molecular weight is 386 g/mol. The van der Waals surface area contributed by atoms with Gasteiger partial charge in [0.25, 0.3) is 0 Å². The summed E-state index contributed by atoms with van der Waals surface area (Å²) < 4.78 is 44.2. The Bertz CT molecular complexity index is 768. The zero-order valence-electron chi connectivity index (χ0n) is 16.1. The van der Waals surface area contributed by atoms with E-state index < -0.39 is 38.1 Å². The van der Waals surface area contributed by atoms with Gasteiger partial charge in [-0.15, -0.1) is 0 Å². The van der Waals surface area contributed by atoms with E-state index in [0.29, 0.717) is 13.0 Å². The standard InChI is InChI=1S/C19H28FNO4S/c1-18(2,3)25-17(22)21-12-7-6-11-16(21)19(4,5)26(23,24)15-10-8-9-14(20)13-15/h8-10,13,16H,6-7,11-12H2,1-5H3. The number of amides is 1. The minimum Gasteiger partial charge on any atom is -0.444 e. The molecule has 0 N–H and O–H groups in total. The van der Waals surface area contributed by atoms with Gasteiger partial charge in [-0.1, -0.05) is 6.07 Å². The molecule has 0 aromatic heterocycles. The second-order valence-electron chi connectivity index (χ2n) is 8.25. The van der Waals surface area contributed by atoms with Crippen LogP contribution < -0.4 is 0 Å².